The van der Waals surface area contributed by atoms with Gasteiger partial charge in [-0.3, -0.25) is 0 Å². The summed E-state index contributed by atoms with van der Waals surface area (Å²) in [5.74, 6) is 1.52. The molecule has 0 saturated carbocycles. The molecule has 0 saturated heterocycles. The molecule has 2 aromatic rings. The summed E-state index contributed by atoms with van der Waals surface area (Å²) in [6.07, 6.45) is 2.01. The van der Waals surface area contributed by atoms with Crippen LogP contribution >= 0.6 is 0 Å². The lowest BCUT2D eigenvalue weighted by atomic mass is 10.3. The van der Waals surface area contributed by atoms with E-state index in [1.54, 1.807) is 7.11 Å². The van der Waals surface area contributed by atoms with Gasteiger partial charge in [0.1, 0.15) is 6.61 Å². The van der Waals surface area contributed by atoms with E-state index in [0.717, 1.165) is 23.7 Å². The Morgan fingerprint density at radius 3 is 2.61 bits per heavy atom. The lowest BCUT2D eigenvalue weighted by Crippen LogP contribution is -2.12. The lowest BCUT2D eigenvalue weighted by Gasteiger charge is -2.12. The molecule has 18 heavy (non-hydrogen) atoms. The molecule has 2 rings (SSSR count). The van der Waals surface area contributed by atoms with Gasteiger partial charge in [-0.1, -0.05) is 12.1 Å². The fraction of sp³-hybridized carbons (Fsp3) is 0.286. The predicted molar refractivity (Wildman–Crippen MR) is 70.8 cm³/mol. The third kappa shape index (κ3) is 2.84. The van der Waals surface area contributed by atoms with E-state index >= 15 is 0 Å². The highest BCUT2D eigenvalue weighted by Crippen LogP contribution is 2.25. The highest BCUT2D eigenvalue weighted by molar-refractivity contribution is 5.39. The van der Waals surface area contributed by atoms with Crippen molar-refractivity contribution >= 4 is 0 Å². The van der Waals surface area contributed by atoms with E-state index in [2.05, 4.69) is 4.57 Å². The molecule has 1 aromatic heterocycles. The summed E-state index contributed by atoms with van der Waals surface area (Å²) in [4.78, 5) is 0. The number of ether oxygens (including phenoxy) is 2. The van der Waals surface area contributed by atoms with Crippen molar-refractivity contribution in [3.05, 3.63) is 48.3 Å². The first-order chi connectivity index (χ1) is 8.85. The minimum atomic E-state index is 0.543. The molecule has 0 spiro atoms. The Hall–Kier alpha value is -1.94. The first kappa shape index (κ1) is 12.5. The summed E-state index contributed by atoms with van der Waals surface area (Å²) < 4.78 is 13.0. The Balaban J connectivity index is 1.92. The van der Waals surface area contributed by atoms with Gasteiger partial charge in [-0.05, 0) is 24.3 Å². The number of nitrogens with two attached hydrogens (primary N) is 1. The smallest absolute Gasteiger partial charge is 0.161 e. The Morgan fingerprint density at radius 1 is 1.11 bits per heavy atom. The molecule has 0 aliphatic rings. The molecule has 0 atom stereocenters. The van der Waals surface area contributed by atoms with E-state index in [1.165, 1.54) is 0 Å². The van der Waals surface area contributed by atoms with Crippen molar-refractivity contribution in [3.63, 3.8) is 0 Å². The summed E-state index contributed by atoms with van der Waals surface area (Å²) in [6.45, 7) is 1.90. The normalized spacial score (nSPS) is 10.3. The first-order valence-electron chi connectivity index (χ1n) is 5.95. The standard InChI is InChI=1S/C14H18N2O2/c1-17-13-6-2-3-7-14(13)18-10-9-16-8-4-5-12(16)11-15/h2-8H,9-11,15H2,1H3. The summed E-state index contributed by atoms with van der Waals surface area (Å²) in [6, 6.07) is 11.6. The molecule has 0 fully saturated rings. The van der Waals surface area contributed by atoms with Crippen molar-refractivity contribution in [3.8, 4) is 11.5 Å². The molecule has 0 aliphatic heterocycles. The van der Waals surface area contributed by atoms with Crippen LogP contribution in [0.15, 0.2) is 42.6 Å². The van der Waals surface area contributed by atoms with Gasteiger partial charge >= 0.3 is 0 Å². The van der Waals surface area contributed by atoms with E-state index in [-0.39, 0.29) is 0 Å². The van der Waals surface area contributed by atoms with Crippen molar-refractivity contribution in [2.24, 2.45) is 5.73 Å². The summed E-state index contributed by atoms with van der Waals surface area (Å²) in [5.41, 5.74) is 6.75. The van der Waals surface area contributed by atoms with Crippen molar-refractivity contribution in [1.82, 2.24) is 4.57 Å². The number of rotatable bonds is 6. The summed E-state index contributed by atoms with van der Waals surface area (Å²) in [7, 11) is 1.64. The third-order valence-corrected chi connectivity index (χ3v) is 2.79. The average molecular weight is 246 g/mol. The van der Waals surface area contributed by atoms with Crippen molar-refractivity contribution < 1.29 is 9.47 Å². The lowest BCUT2D eigenvalue weighted by molar-refractivity contribution is 0.278. The molecule has 1 heterocycles. The Kier molecular flexibility index (Phi) is 4.25. The van der Waals surface area contributed by atoms with Crippen LogP contribution in [-0.4, -0.2) is 18.3 Å². The van der Waals surface area contributed by atoms with Crippen LogP contribution in [0.1, 0.15) is 5.69 Å². The molecule has 96 valence electrons. The van der Waals surface area contributed by atoms with Gasteiger partial charge in [0.15, 0.2) is 11.5 Å². The topological polar surface area (TPSA) is 49.4 Å². The van der Waals surface area contributed by atoms with Crippen LogP contribution in [0.25, 0.3) is 0 Å². The number of methoxy groups -OCH3 is 1. The van der Waals surface area contributed by atoms with Crippen molar-refractivity contribution in [2.75, 3.05) is 13.7 Å². The fourth-order valence-corrected chi connectivity index (χ4v) is 1.84. The molecule has 0 bridgehead atoms. The number of benzene rings is 1. The average Bonchev–Trinajstić information content (AvgIpc) is 2.87. The van der Waals surface area contributed by atoms with Gasteiger partial charge in [-0.25, -0.2) is 0 Å². The minimum Gasteiger partial charge on any atom is -0.493 e. The Morgan fingerprint density at radius 2 is 1.89 bits per heavy atom. The van der Waals surface area contributed by atoms with Gasteiger partial charge in [-0.2, -0.15) is 0 Å². The Bertz CT molecular complexity index is 494. The number of hydrogen-bond donors (Lipinski definition) is 1. The van der Waals surface area contributed by atoms with Gasteiger partial charge in [0, 0.05) is 18.4 Å². The van der Waals surface area contributed by atoms with Crippen LogP contribution in [0.2, 0.25) is 0 Å². The van der Waals surface area contributed by atoms with Gasteiger partial charge in [-0.15, -0.1) is 0 Å². The van der Waals surface area contributed by atoms with Crippen LogP contribution in [0.4, 0.5) is 0 Å². The second-order valence-corrected chi connectivity index (χ2v) is 3.90. The van der Waals surface area contributed by atoms with Crippen LogP contribution in [-0.2, 0) is 13.1 Å². The molecule has 0 aliphatic carbocycles. The van der Waals surface area contributed by atoms with Crippen molar-refractivity contribution in [2.45, 2.75) is 13.1 Å². The van der Waals surface area contributed by atoms with Crippen LogP contribution in [0.3, 0.4) is 0 Å². The quantitative estimate of drug-likeness (QED) is 0.848. The minimum absolute atomic E-state index is 0.543. The highest BCUT2D eigenvalue weighted by atomic mass is 16.5. The van der Waals surface area contributed by atoms with E-state index in [4.69, 9.17) is 15.2 Å². The maximum Gasteiger partial charge on any atom is 0.161 e. The first-order valence-corrected chi connectivity index (χ1v) is 5.95. The second kappa shape index (κ2) is 6.12. The van der Waals surface area contributed by atoms with Crippen LogP contribution < -0.4 is 15.2 Å². The van der Waals surface area contributed by atoms with Gasteiger partial charge in [0.05, 0.1) is 13.7 Å². The van der Waals surface area contributed by atoms with Gasteiger partial charge in [0.2, 0.25) is 0 Å². The molecule has 0 amide bonds. The molecule has 0 unspecified atom stereocenters. The van der Waals surface area contributed by atoms with Crippen molar-refractivity contribution in [1.29, 1.82) is 0 Å². The summed E-state index contributed by atoms with van der Waals surface area (Å²) >= 11 is 0. The van der Waals surface area contributed by atoms with Crippen LogP contribution in [0.5, 0.6) is 11.5 Å². The maximum absolute atomic E-state index is 5.71. The summed E-state index contributed by atoms with van der Waals surface area (Å²) in [5, 5.41) is 0. The van der Waals surface area contributed by atoms with E-state index < -0.39 is 0 Å². The zero-order valence-corrected chi connectivity index (χ0v) is 10.5. The second-order valence-electron chi connectivity index (χ2n) is 3.90. The molecule has 4 nitrogen and oxygen atoms in total. The van der Waals surface area contributed by atoms with Gasteiger partial charge < -0.3 is 19.8 Å². The molecule has 4 heteroatoms. The molecule has 0 radical (unpaired) electrons. The number of nitrogens with zero attached hydrogens (tertiary/aromatic N) is 1. The van der Waals surface area contributed by atoms with Crippen LogP contribution in [0, 0.1) is 0 Å². The highest BCUT2D eigenvalue weighted by Gasteiger charge is 2.03. The number of aromatic nitrogens is 1. The fourth-order valence-electron chi connectivity index (χ4n) is 1.84. The van der Waals surface area contributed by atoms with E-state index in [1.807, 2.05) is 42.6 Å². The number of para-hydroxylation sites is 2. The SMILES string of the molecule is COc1ccccc1OCCn1cccc1CN. The van der Waals surface area contributed by atoms with E-state index in [0.29, 0.717) is 13.2 Å². The maximum atomic E-state index is 5.71. The largest absolute Gasteiger partial charge is 0.493 e. The number of hydrogen-bond acceptors (Lipinski definition) is 3. The molecule has 1 aromatic carbocycles. The predicted octanol–water partition coefficient (Wildman–Crippen LogP) is 2.03. The molecule has 2 N–H and O–H groups in total. The Labute approximate surface area is 107 Å². The molecular weight excluding hydrogens is 228 g/mol. The zero-order chi connectivity index (χ0) is 12.8. The zero-order valence-electron chi connectivity index (χ0n) is 10.5. The monoisotopic (exact) mass is 246 g/mol. The van der Waals surface area contributed by atoms with E-state index in [9.17, 15) is 0 Å². The molecular formula is C14H18N2O2. The van der Waals surface area contributed by atoms with Gasteiger partial charge in [0.25, 0.3) is 0 Å². The third-order valence-electron chi connectivity index (χ3n) is 2.79.